The molecule has 2 N–H and O–H groups in total. The van der Waals surface area contributed by atoms with Crippen LogP contribution in [0.15, 0.2) is 39.3 Å². The van der Waals surface area contributed by atoms with Crippen LogP contribution in [0.1, 0.15) is 18.5 Å². The Balaban J connectivity index is 2.42. The van der Waals surface area contributed by atoms with Crippen LogP contribution in [0.2, 0.25) is 5.02 Å². The second-order valence-electron chi connectivity index (χ2n) is 4.27. The maximum Gasteiger partial charge on any atom is 0.145 e. The molecule has 0 saturated heterocycles. The molecule has 0 saturated carbocycles. The molecular weight excluding hydrogens is 412 g/mol. The minimum absolute atomic E-state index is 0.0347. The summed E-state index contributed by atoms with van der Waals surface area (Å²) in [7, 11) is 0. The first-order chi connectivity index (χ1) is 9.38. The van der Waals surface area contributed by atoms with E-state index in [4.69, 9.17) is 22.1 Å². The van der Waals surface area contributed by atoms with Crippen molar-refractivity contribution in [2.24, 2.45) is 5.73 Å². The van der Waals surface area contributed by atoms with E-state index in [0.717, 1.165) is 10.0 Å². The minimum atomic E-state index is -0.538. The first-order valence-corrected chi connectivity index (χ1v) is 7.72. The molecule has 0 radical (unpaired) electrons. The molecule has 2 nitrogen and oxygen atoms in total. The SMILES string of the molecule is CC(N)c1cc(Br)ccc1Oc1cc(F)c(Cl)cc1Br. The fourth-order valence-electron chi connectivity index (χ4n) is 1.67. The molecule has 0 aliphatic rings. The van der Waals surface area contributed by atoms with Gasteiger partial charge in [0.1, 0.15) is 17.3 Å². The smallest absolute Gasteiger partial charge is 0.145 e. The average molecular weight is 424 g/mol. The lowest BCUT2D eigenvalue weighted by Crippen LogP contribution is -2.06. The highest BCUT2D eigenvalue weighted by Crippen LogP contribution is 2.36. The molecule has 0 fully saturated rings. The third kappa shape index (κ3) is 3.52. The summed E-state index contributed by atoms with van der Waals surface area (Å²) in [5.41, 5.74) is 6.74. The van der Waals surface area contributed by atoms with Crippen LogP contribution >= 0.6 is 43.5 Å². The molecule has 20 heavy (non-hydrogen) atoms. The number of rotatable bonds is 3. The van der Waals surface area contributed by atoms with Crippen LogP contribution in [0, 0.1) is 5.82 Å². The molecule has 0 aliphatic carbocycles. The predicted octanol–water partition coefficient (Wildman–Crippen LogP) is 5.82. The fraction of sp³-hybridized carbons (Fsp3) is 0.143. The lowest BCUT2D eigenvalue weighted by Gasteiger charge is -2.15. The van der Waals surface area contributed by atoms with Crippen molar-refractivity contribution in [2.75, 3.05) is 0 Å². The zero-order valence-corrected chi connectivity index (χ0v) is 14.4. The van der Waals surface area contributed by atoms with E-state index in [-0.39, 0.29) is 11.1 Å². The summed E-state index contributed by atoms with van der Waals surface area (Å²) in [5, 5.41) is 0.0347. The highest BCUT2D eigenvalue weighted by molar-refractivity contribution is 9.10. The van der Waals surface area contributed by atoms with Gasteiger partial charge in [-0.2, -0.15) is 0 Å². The summed E-state index contributed by atoms with van der Waals surface area (Å²) in [4.78, 5) is 0. The molecule has 0 aromatic heterocycles. The number of benzene rings is 2. The second kappa shape index (κ2) is 6.43. The Morgan fingerprint density at radius 2 is 1.90 bits per heavy atom. The van der Waals surface area contributed by atoms with Crippen molar-refractivity contribution < 1.29 is 9.13 Å². The van der Waals surface area contributed by atoms with Crippen molar-refractivity contribution >= 4 is 43.5 Å². The van der Waals surface area contributed by atoms with Gasteiger partial charge in [-0.05, 0) is 47.1 Å². The molecule has 2 rings (SSSR count). The van der Waals surface area contributed by atoms with Crippen molar-refractivity contribution in [1.29, 1.82) is 0 Å². The van der Waals surface area contributed by atoms with E-state index in [0.29, 0.717) is 16.0 Å². The van der Waals surface area contributed by atoms with Crippen molar-refractivity contribution in [3.63, 3.8) is 0 Å². The molecule has 0 spiro atoms. The molecule has 0 aliphatic heterocycles. The van der Waals surface area contributed by atoms with Crippen LogP contribution in [-0.2, 0) is 0 Å². The monoisotopic (exact) mass is 421 g/mol. The van der Waals surface area contributed by atoms with E-state index < -0.39 is 5.82 Å². The van der Waals surface area contributed by atoms with E-state index >= 15 is 0 Å². The van der Waals surface area contributed by atoms with Gasteiger partial charge in [0.2, 0.25) is 0 Å². The lowest BCUT2D eigenvalue weighted by atomic mass is 10.1. The first-order valence-electron chi connectivity index (χ1n) is 5.76. The maximum atomic E-state index is 13.5. The van der Waals surface area contributed by atoms with Gasteiger partial charge < -0.3 is 10.5 Å². The maximum absolute atomic E-state index is 13.5. The van der Waals surface area contributed by atoms with Crippen LogP contribution < -0.4 is 10.5 Å². The summed E-state index contributed by atoms with van der Waals surface area (Å²) in [6.45, 7) is 1.85. The van der Waals surface area contributed by atoms with Gasteiger partial charge >= 0.3 is 0 Å². The average Bonchev–Trinajstić information content (AvgIpc) is 2.37. The highest BCUT2D eigenvalue weighted by atomic mass is 79.9. The zero-order valence-electron chi connectivity index (χ0n) is 10.5. The minimum Gasteiger partial charge on any atom is -0.456 e. The van der Waals surface area contributed by atoms with Crippen molar-refractivity contribution in [3.05, 3.63) is 55.7 Å². The normalized spacial score (nSPS) is 12.3. The van der Waals surface area contributed by atoms with Crippen LogP contribution in [0.3, 0.4) is 0 Å². The molecule has 1 atom stereocenters. The summed E-state index contributed by atoms with van der Waals surface area (Å²) in [6.07, 6.45) is 0. The molecule has 0 bridgehead atoms. The van der Waals surface area contributed by atoms with Crippen molar-refractivity contribution in [3.8, 4) is 11.5 Å². The van der Waals surface area contributed by atoms with E-state index in [1.165, 1.54) is 12.1 Å². The summed E-state index contributed by atoms with van der Waals surface area (Å²) in [5.74, 6) is 0.381. The van der Waals surface area contributed by atoms with E-state index in [9.17, 15) is 4.39 Å². The molecule has 0 heterocycles. The largest absolute Gasteiger partial charge is 0.456 e. The number of ether oxygens (including phenoxy) is 1. The third-order valence-electron chi connectivity index (χ3n) is 2.66. The van der Waals surface area contributed by atoms with Crippen LogP contribution in [-0.4, -0.2) is 0 Å². The van der Waals surface area contributed by atoms with Crippen LogP contribution in [0.5, 0.6) is 11.5 Å². The summed E-state index contributed by atoms with van der Waals surface area (Å²) < 4.78 is 20.7. The van der Waals surface area contributed by atoms with Gasteiger partial charge in [0, 0.05) is 22.1 Å². The van der Waals surface area contributed by atoms with E-state index in [1.807, 2.05) is 19.1 Å². The Morgan fingerprint density at radius 3 is 2.55 bits per heavy atom. The molecule has 6 heteroatoms. The Bertz CT molecular complexity index is 649. The van der Waals surface area contributed by atoms with Crippen LogP contribution in [0.25, 0.3) is 0 Å². The van der Waals surface area contributed by atoms with Crippen molar-refractivity contribution in [1.82, 2.24) is 0 Å². The lowest BCUT2D eigenvalue weighted by molar-refractivity contribution is 0.464. The van der Waals surface area contributed by atoms with Gasteiger partial charge in [0.25, 0.3) is 0 Å². The number of halogens is 4. The Labute approximate surface area is 138 Å². The van der Waals surface area contributed by atoms with Gasteiger partial charge in [0.15, 0.2) is 0 Å². The Kier molecular flexibility index (Phi) is 5.07. The van der Waals surface area contributed by atoms with Crippen LogP contribution in [0.4, 0.5) is 4.39 Å². The van der Waals surface area contributed by atoms with Crippen molar-refractivity contribution in [2.45, 2.75) is 13.0 Å². The number of hydrogen-bond donors (Lipinski definition) is 1. The molecule has 2 aromatic rings. The molecule has 106 valence electrons. The fourth-order valence-corrected chi connectivity index (χ4v) is 2.77. The Hall–Kier alpha value is -0.620. The van der Waals surface area contributed by atoms with E-state index in [2.05, 4.69) is 31.9 Å². The zero-order chi connectivity index (χ0) is 14.9. The molecule has 1 unspecified atom stereocenters. The number of hydrogen-bond acceptors (Lipinski definition) is 2. The molecule has 2 aromatic carbocycles. The summed E-state index contributed by atoms with van der Waals surface area (Å²) in [6, 6.07) is 7.97. The summed E-state index contributed by atoms with van der Waals surface area (Å²) >= 11 is 12.4. The highest BCUT2D eigenvalue weighted by Gasteiger charge is 2.13. The molecule has 0 amide bonds. The predicted molar refractivity (Wildman–Crippen MR) is 85.9 cm³/mol. The number of nitrogens with two attached hydrogens (primary N) is 1. The van der Waals surface area contributed by atoms with Gasteiger partial charge in [-0.3, -0.25) is 0 Å². The topological polar surface area (TPSA) is 35.2 Å². The standard InChI is InChI=1S/C14H11Br2ClFNO/c1-7(19)9-4-8(15)2-3-13(9)20-14-6-12(18)11(17)5-10(14)16/h2-7H,19H2,1H3. The van der Waals surface area contributed by atoms with Gasteiger partial charge in [-0.15, -0.1) is 0 Å². The quantitative estimate of drug-likeness (QED) is 0.632. The van der Waals surface area contributed by atoms with Gasteiger partial charge in [-0.25, -0.2) is 4.39 Å². The van der Waals surface area contributed by atoms with Gasteiger partial charge in [0.05, 0.1) is 9.50 Å². The molecular formula is C14H11Br2ClFNO. The third-order valence-corrected chi connectivity index (χ3v) is 4.06. The van der Waals surface area contributed by atoms with Gasteiger partial charge in [-0.1, -0.05) is 27.5 Å². The van der Waals surface area contributed by atoms with E-state index in [1.54, 1.807) is 6.07 Å². The Morgan fingerprint density at radius 1 is 1.20 bits per heavy atom. The second-order valence-corrected chi connectivity index (χ2v) is 6.45. The first kappa shape index (κ1) is 15.8.